The van der Waals surface area contributed by atoms with Crippen LogP contribution in [-0.4, -0.2) is 67.6 Å². The van der Waals surface area contributed by atoms with E-state index in [2.05, 4.69) is 15.6 Å². The van der Waals surface area contributed by atoms with Crippen LogP contribution < -0.4 is 30.3 Å². The minimum absolute atomic E-state index is 0.0146. The Morgan fingerprint density at radius 3 is 2.43 bits per heavy atom. The molecule has 3 N–H and O–H groups in total. The molecule has 1 unspecified atom stereocenters. The predicted octanol–water partition coefficient (Wildman–Crippen LogP) is 4.56. The number of H-pyrrole nitrogens is 1. The lowest BCUT2D eigenvalue weighted by molar-refractivity contribution is -0.130. The van der Waals surface area contributed by atoms with E-state index >= 15 is 0 Å². The SMILES string of the molecule is COc1cc2c(c(OC)c1OC)-c1ccc(NCC(=O)N3CCC(c4nc5ccccc5[nH]4)CC3)c(=O)cc1C(NC(C)=O)CC2. The summed E-state index contributed by atoms with van der Waals surface area (Å²) in [6.45, 7) is 2.68. The molecule has 240 valence electrons. The summed E-state index contributed by atoms with van der Waals surface area (Å²) in [4.78, 5) is 49.1. The van der Waals surface area contributed by atoms with Crippen LogP contribution in [0.4, 0.5) is 5.69 Å². The molecule has 1 saturated heterocycles. The van der Waals surface area contributed by atoms with Crippen molar-refractivity contribution in [2.24, 2.45) is 0 Å². The molecule has 1 aromatic heterocycles. The molecule has 6 rings (SSSR count). The molecule has 11 heteroatoms. The molecule has 2 heterocycles. The van der Waals surface area contributed by atoms with E-state index in [9.17, 15) is 14.4 Å². The summed E-state index contributed by atoms with van der Waals surface area (Å²) >= 11 is 0. The van der Waals surface area contributed by atoms with Gasteiger partial charge in [0.25, 0.3) is 0 Å². The van der Waals surface area contributed by atoms with Crippen LogP contribution in [0.2, 0.25) is 0 Å². The number of benzene rings is 2. The van der Waals surface area contributed by atoms with Gasteiger partial charge in [-0.2, -0.15) is 0 Å². The first-order valence-electron chi connectivity index (χ1n) is 15.5. The maximum absolute atomic E-state index is 13.6. The highest BCUT2D eigenvalue weighted by Gasteiger charge is 2.30. The lowest BCUT2D eigenvalue weighted by atomic mass is 9.95. The third kappa shape index (κ3) is 5.96. The second-order valence-electron chi connectivity index (χ2n) is 11.7. The Labute approximate surface area is 267 Å². The summed E-state index contributed by atoms with van der Waals surface area (Å²) in [5.74, 6) is 2.41. The second kappa shape index (κ2) is 13.1. The summed E-state index contributed by atoms with van der Waals surface area (Å²) in [5, 5.41) is 6.11. The normalized spacial score (nSPS) is 16.2. The van der Waals surface area contributed by atoms with Crippen molar-refractivity contribution < 1.29 is 23.8 Å². The Morgan fingerprint density at radius 2 is 1.74 bits per heavy atom. The molecule has 1 atom stereocenters. The number of para-hydroxylation sites is 2. The van der Waals surface area contributed by atoms with Crippen LogP contribution in [0, 0.1) is 0 Å². The van der Waals surface area contributed by atoms with Crippen molar-refractivity contribution in [1.82, 2.24) is 20.2 Å². The molecule has 2 amide bonds. The van der Waals surface area contributed by atoms with Crippen LogP contribution in [-0.2, 0) is 16.0 Å². The zero-order valence-electron chi connectivity index (χ0n) is 26.6. The average molecular weight is 626 g/mol. The van der Waals surface area contributed by atoms with Crippen LogP contribution in [0.25, 0.3) is 22.2 Å². The van der Waals surface area contributed by atoms with Gasteiger partial charge in [-0.1, -0.05) is 18.2 Å². The number of ether oxygens (including phenoxy) is 3. The Hall–Kier alpha value is -5.06. The first-order chi connectivity index (χ1) is 22.3. The number of hydrogen-bond donors (Lipinski definition) is 3. The molecule has 0 spiro atoms. The van der Waals surface area contributed by atoms with Crippen molar-refractivity contribution in [3.8, 4) is 28.4 Å². The highest BCUT2D eigenvalue weighted by Crippen LogP contribution is 2.50. The van der Waals surface area contributed by atoms with Crippen molar-refractivity contribution in [2.45, 2.75) is 44.6 Å². The van der Waals surface area contributed by atoms with Crippen molar-refractivity contribution in [1.29, 1.82) is 0 Å². The summed E-state index contributed by atoms with van der Waals surface area (Å²) in [6.07, 6.45) is 2.79. The van der Waals surface area contributed by atoms with Gasteiger partial charge in [0.1, 0.15) is 5.82 Å². The smallest absolute Gasteiger partial charge is 0.241 e. The van der Waals surface area contributed by atoms with E-state index in [0.29, 0.717) is 54.4 Å². The van der Waals surface area contributed by atoms with E-state index in [1.54, 1.807) is 33.5 Å². The molecule has 0 radical (unpaired) electrons. The third-order valence-electron chi connectivity index (χ3n) is 8.99. The minimum atomic E-state index is -0.413. The summed E-state index contributed by atoms with van der Waals surface area (Å²) < 4.78 is 17.1. The number of rotatable bonds is 8. The maximum atomic E-state index is 13.6. The fourth-order valence-corrected chi connectivity index (χ4v) is 6.70. The lowest BCUT2D eigenvalue weighted by Gasteiger charge is -2.31. The van der Waals surface area contributed by atoms with Gasteiger partial charge >= 0.3 is 0 Å². The van der Waals surface area contributed by atoms with Crippen LogP contribution in [0.15, 0.2) is 53.3 Å². The quantitative estimate of drug-likeness (QED) is 0.260. The van der Waals surface area contributed by atoms with Crippen LogP contribution in [0.5, 0.6) is 17.2 Å². The summed E-state index contributed by atoms with van der Waals surface area (Å²) in [6, 6.07) is 14.6. The van der Waals surface area contributed by atoms with Crippen molar-refractivity contribution >= 4 is 28.5 Å². The lowest BCUT2D eigenvalue weighted by Crippen LogP contribution is -2.41. The number of amides is 2. The zero-order chi connectivity index (χ0) is 32.4. The van der Waals surface area contributed by atoms with E-state index in [-0.39, 0.29) is 29.7 Å². The van der Waals surface area contributed by atoms with Crippen molar-refractivity contribution in [2.75, 3.05) is 46.3 Å². The van der Waals surface area contributed by atoms with Crippen molar-refractivity contribution in [3.05, 3.63) is 75.7 Å². The molecular formula is C35H39N5O6. The van der Waals surface area contributed by atoms with E-state index in [1.165, 1.54) is 6.92 Å². The molecular weight excluding hydrogens is 586 g/mol. The summed E-state index contributed by atoms with van der Waals surface area (Å²) in [7, 11) is 4.68. The van der Waals surface area contributed by atoms with Gasteiger partial charge in [0, 0.05) is 31.5 Å². The predicted molar refractivity (Wildman–Crippen MR) is 176 cm³/mol. The molecule has 0 bridgehead atoms. The number of carbonyl (C=O) groups is 2. The molecule has 46 heavy (non-hydrogen) atoms. The number of methoxy groups -OCH3 is 3. The fourth-order valence-electron chi connectivity index (χ4n) is 6.70. The Morgan fingerprint density at radius 1 is 0.978 bits per heavy atom. The largest absolute Gasteiger partial charge is 0.493 e. The Balaban J connectivity index is 1.24. The second-order valence-corrected chi connectivity index (χ2v) is 11.7. The average Bonchev–Trinajstić information content (AvgIpc) is 3.37. The third-order valence-corrected chi connectivity index (χ3v) is 8.99. The standard InChI is InChI=1S/C35H39N5O6/c1-20(41)37-25-11-9-22-17-30(44-2)33(45-3)34(46-4)32(22)23-10-12-28(29(42)18-24(23)25)36-19-31(43)40-15-13-21(14-16-40)35-38-26-7-5-6-8-27(26)39-35/h5-8,10,12,17-18,21,25H,9,11,13-16,19H2,1-4H3,(H,36,42)(H,37,41)(H,38,39). The van der Waals surface area contributed by atoms with Crippen molar-refractivity contribution in [3.63, 3.8) is 0 Å². The Bertz CT molecular complexity index is 1810. The van der Waals surface area contributed by atoms with Crippen LogP contribution in [0.3, 0.4) is 0 Å². The van der Waals surface area contributed by atoms with E-state index in [1.807, 2.05) is 41.3 Å². The Kier molecular flexibility index (Phi) is 8.83. The highest BCUT2D eigenvalue weighted by molar-refractivity contribution is 5.84. The number of aryl methyl sites for hydroxylation is 1. The molecule has 1 aliphatic heterocycles. The topological polar surface area (TPSA) is 135 Å². The van der Waals surface area contributed by atoms with E-state index < -0.39 is 6.04 Å². The number of nitrogens with zero attached hydrogens (tertiary/aromatic N) is 2. The van der Waals surface area contributed by atoms with Gasteiger partial charge in [-0.3, -0.25) is 14.4 Å². The monoisotopic (exact) mass is 625 g/mol. The molecule has 1 fully saturated rings. The van der Waals surface area contributed by atoms with Gasteiger partial charge in [-0.05, 0) is 72.7 Å². The highest BCUT2D eigenvalue weighted by atomic mass is 16.5. The van der Waals surface area contributed by atoms with Gasteiger partial charge in [0.15, 0.2) is 11.5 Å². The van der Waals surface area contributed by atoms with Gasteiger partial charge in [0.05, 0.1) is 50.6 Å². The number of aromatic amines is 1. The number of likely N-dealkylation sites (tertiary alicyclic amines) is 1. The number of hydrogen-bond acceptors (Lipinski definition) is 8. The number of nitrogens with one attached hydrogen (secondary N) is 3. The number of fused-ring (bicyclic) bond motifs is 4. The van der Waals surface area contributed by atoms with Gasteiger partial charge in [-0.25, -0.2) is 4.98 Å². The number of carbonyl (C=O) groups excluding carboxylic acids is 2. The van der Waals surface area contributed by atoms with Gasteiger partial charge in [-0.15, -0.1) is 0 Å². The molecule has 0 saturated carbocycles. The fraction of sp³-hybridized carbons (Fsp3) is 0.371. The number of aromatic nitrogens is 2. The van der Waals surface area contributed by atoms with Gasteiger partial charge in [0.2, 0.25) is 23.0 Å². The first kappa shape index (κ1) is 30.9. The first-order valence-corrected chi connectivity index (χ1v) is 15.5. The number of anilines is 1. The molecule has 3 aromatic carbocycles. The zero-order valence-corrected chi connectivity index (χ0v) is 26.6. The molecule has 2 aliphatic rings. The van der Waals surface area contributed by atoms with E-state index in [4.69, 9.17) is 19.2 Å². The summed E-state index contributed by atoms with van der Waals surface area (Å²) in [5.41, 5.74) is 5.09. The molecule has 11 nitrogen and oxygen atoms in total. The molecule has 4 aromatic rings. The molecule has 1 aliphatic carbocycles. The van der Waals surface area contributed by atoms with Crippen LogP contribution in [0.1, 0.15) is 55.1 Å². The number of piperidine rings is 1. The van der Waals surface area contributed by atoms with Crippen LogP contribution >= 0.6 is 0 Å². The minimum Gasteiger partial charge on any atom is -0.493 e. The van der Waals surface area contributed by atoms with Gasteiger partial charge < -0.3 is 34.7 Å². The number of imidazole rings is 1. The van der Waals surface area contributed by atoms with E-state index in [0.717, 1.165) is 46.4 Å². The maximum Gasteiger partial charge on any atom is 0.241 e.